The van der Waals surface area contributed by atoms with E-state index in [1.54, 1.807) is 6.26 Å². The molecule has 0 amide bonds. The highest BCUT2D eigenvalue weighted by molar-refractivity contribution is 5.85. The Kier molecular flexibility index (Phi) is 4.79. The van der Waals surface area contributed by atoms with E-state index >= 15 is 0 Å². The number of likely N-dealkylation sites (tertiary alicyclic amines) is 1. The van der Waals surface area contributed by atoms with Crippen molar-refractivity contribution in [2.45, 2.75) is 56.4 Å². The summed E-state index contributed by atoms with van der Waals surface area (Å²) < 4.78 is 5.55. The van der Waals surface area contributed by atoms with Gasteiger partial charge in [0.1, 0.15) is 11.5 Å². The van der Waals surface area contributed by atoms with Gasteiger partial charge < -0.3 is 9.52 Å². The molecule has 1 saturated carbocycles. The van der Waals surface area contributed by atoms with Crippen molar-refractivity contribution in [1.82, 2.24) is 4.90 Å². The molecule has 2 heterocycles. The molecule has 26 heavy (non-hydrogen) atoms. The van der Waals surface area contributed by atoms with Gasteiger partial charge in [-0.2, -0.15) is 0 Å². The van der Waals surface area contributed by atoms with Crippen molar-refractivity contribution >= 4 is 12.4 Å². The number of piperidine rings is 1. The minimum Gasteiger partial charge on any atom is -0.508 e. The molecule has 1 aliphatic heterocycles. The highest BCUT2D eigenvalue weighted by Gasteiger charge is 2.53. The Morgan fingerprint density at radius 2 is 2.12 bits per heavy atom. The molecule has 2 aliphatic carbocycles. The number of hydrogen-bond acceptors (Lipinski definition) is 3. The van der Waals surface area contributed by atoms with Crippen LogP contribution in [0, 0.1) is 5.92 Å². The van der Waals surface area contributed by atoms with Gasteiger partial charge in [-0.05, 0) is 73.5 Å². The third-order valence-corrected chi connectivity index (χ3v) is 7.16. The molecule has 0 radical (unpaired) electrons. The summed E-state index contributed by atoms with van der Waals surface area (Å²) in [5.41, 5.74) is 3.26. The first-order valence-electron chi connectivity index (χ1n) is 9.85. The number of aromatic hydroxyl groups is 1. The summed E-state index contributed by atoms with van der Waals surface area (Å²) in [7, 11) is 0. The highest BCUT2D eigenvalue weighted by atomic mass is 35.5. The van der Waals surface area contributed by atoms with Crippen LogP contribution >= 0.6 is 12.4 Å². The van der Waals surface area contributed by atoms with Crippen LogP contribution < -0.4 is 0 Å². The van der Waals surface area contributed by atoms with E-state index < -0.39 is 0 Å². The van der Waals surface area contributed by atoms with Gasteiger partial charge in [-0.15, -0.1) is 12.4 Å². The van der Waals surface area contributed by atoms with Gasteiger partial charge in [0.15, 0.2) is 0 Å². The number of fused-ring (bicyclic) bond motifs is 1. The molecule has 0 unspecified atom stereocenters. The van der Waals surface area contributed by atoms with Gasteiger partial charge in [0.2, 0.25) is 0 Å². The number of furan rings is 1. The van der Waals surface area contributed by atoms with Crippen molar-refractivity contribution in [3.63, 3.8) is 0 Å². The summed E-state index contributed by atoms with van der Waals surface area (Å²) in [4.78, 5) is 2.73. The van der Waals surface area contributed by atoms with Gasteiger partial charge in [-0.3, -0.25) is 4.90 Å². The Morgan fingerprint density at radius 1 is 1.19 bits per heavy atom. The quantitative estimate of drug-likeness (QED) is 0.846. The molecule has 3 aliphatic rings. The molecular weight excluding hydrogens is 346 g/mol. The van der Waals surface area contributed by atoms with Crippen LogP contribution in [-0.4, -0.2) is 29.1 Å². The fourth-order valence-corrected chi connectivity index (χ4v) is 6.06. The maximum atomic E-state index is 10.1. The molecule has 2 fully saturated rings. The maximum absolute atomic E-state index is 10.1. The summed E-state index contributed by atoms with van der Waals surface area (Å²) in [6.45, 7) is 2.27. The van der Waals surface area contributed by atoms with Crippen LogP contribution in [0.25, 0.3) is 0 Å². The third kappa shape index (κ3) is 2.76. The molecule has 0 spiro atoms. The van der Waals surface area contributed by atoms with Gasteiger partial charge in [0.25, 0.3) is 0 Å². The van der Waals surface area contributed by atoms with Crippen LogP contribution in [0.2, 0.25) is 0 Å². The molecule has 140 valence electrons. The fourth-order valence-electron chi connectivity index (χ4n) is 6.06. The van der Waals surface area contributed by atoms with Gasteiger partial charge in [-0.25, -0.2) is 0 Å². The van der Waals surface area contributed by atoms with Crippen molar-refractivity contribution in [2.75, 3.05) is 13.1 Å². The van der Waals surface area contributed by atoms with E-state index in [-0.39, 0.29) is 12.4 Å². The van der Waals surface area contributed by atoms with E-state index in [9.17, 15) is 5.11 Å². The Hall–Kier alpha value is -1.45. The highest BCUT2D eigenvalue weighted by Crippen LogP contribution is 2.56. The Balaban J connectivity index is 0.00000168. The molecule has 2 bridgehead atoms. The number of nitrogens with zero attached hydrogens (tertiary/aromatic N) is 1. The fraction of sp³-hybridized carbons (Fsp3) is 0.545. The largest absolute Gasteiger partial charge is 0.508 e. The standard InChI is InChI=1S/C22H27NO2.ClH/c24-17-7-6-16-14-21-19-5-1-2-9-22(19,20(16)15-17)10-12-23(21)11-8-18-4-3-13-25-18;/h3-4,6-7,13,15,19,21,24H,1-2,5,8-12,14H2;1H/t19-,21-,22-;/m0./s1. The monoisotopic (exact) mass is 373 g/mol. The van der Waals surface area contributed by atoms with Gasteiger partial charge >= 0.3 is 0 Å². The third-order valence-electron chi connectivity index (χ3n) is 7.16. The van der Waals surface area contributed by atoms with Crippen LogP contribution in [0.5, 0.6) is 5.75 Å². The van der Waals surface area contributed by atoms with Crippen molar-refractivity contribution in [3.8, 4) is 5.75 Å². The number of phenols is 1. The van der Waals surface area contributed by atoms with E-state index in [0.29, 0.717) is 17.2 Å². The Morgan fingerprint density at radius 3 is 2.96 bits per heavy atom. The molecular formula is C22H28ClNO2. The lowest BCUT2D eigenvalue weighted by Gasteiger charge is -2.59. The first-order valence-corrected chi connectivity index (χ1v) is 9.85. The lowest BCUT2D eigenvalue weighted by atomic mass is 9.52. The number of phenolic OH excluding ortho intramolecular Hbond substituents is 1. The molecule has 3 nitrogen and oxygen atoms in total. The molecule has 1 saturated heterocycles. The predicted octanol–water partition coefficient (Wildman–Crippen LogP) is 4.71. The van der Waals surface area contributed by atoms with Crippen LogP contribution in [0.1, 0.15) is 49.0 Å². The zero-order valence-electron chi connectivity index (χ0n) is 15.2. The SMILES string of the molecule is Cl.Oc1ccc2c(c1)[C@]13CCCC[C@H]1[C@H](C2)N(CCc1ccco1)CC3. The lowest BCUT2D eigenvalue weighted by molar-refractivity contribution is -0.0112. The topological polar surface area (TPSA) is 36.6 Å². The van der Waals surface area contributed by atoms with Crippen molar-refractivity contribution in [1.29, 1.82) is 0 Å². The number of benzene rings is 1. The summed E-state index contributed by atoms with van der Waals surface area (Å²) >= 11 is 0. The predicted molar refractivity (Wildman–Crippen MR) is 105 cm³/mol. The van der Waals surface area contributed by atoms with Crippen molar-refractivity contribution in [2.24, 2.45) is 5.92 Å². The second kappa shape index (κ2) is 6.94. The Bertz CT molecular complexity index is 760. The minimum atomic E-state index is 0. The van der Waals surface area contributed by atoms with E-state index in [1.807, 2.05) is 12.1 Å². The second-order valence-electron chi connectivity index (χ2n) is 8.24. The Labute approximate surface area is 161 Å². The van der Waals surface area contributed by atoms with Crippen molar-refractivity contribution in [3.05, 3.63) is 53.5 Å². The van der Waals surface area contributed by atoms with Crippen LogP contribution in [0.3, 0.4) is 0 Å². The molecule has 5 rings (SSSR count). The second-order valence-corrected chi connectivity index (χ2v) is 8.24. The number of halogens is 1. The zero-order valence-corrected chi connectivity index (χ0v) is 16.0. The van der Waals surface area contributed by atoms with Crippen LogP contribution in [-0.2, 0) is 18.3 Å². The average Bonchev–Trinajstić information content (AvgIpc) is 3.15. The summed E-state index contributed by atoms with van der Waals surface area (Å²) in [6.07, 6.45) is 10.5. The van der Waals surface area contributed by atoms with E-state index in [4.69, 9.17) is 4.42 Å². The zero-order chi connectivity index (χ0) is 16.9. The van der Waals surface area contributed by atoms with E-state index in [1.165, 1.54) is 49.8 Å². The summed E-state index contributed by atoms with van der Waals surface area (Å²) in [5, 5.41) is 10.1. The number of hydrogen-bond donors (Lipinski definition) is 1. The number of rotatable bonds is 3. The average molecular weight is 374 g/mol. The van der Waals surface area contributed by atoms with E-state index in [0.717, 1.165) is 31.1 Å². The smallest absolute Gasteiger partial charge is 0.115 e. The molecule has 2 aromatic rings. The molecule has 1 aromatic heterocycles. The first-order chi connectivity index (χ1) is 12.3. The van der Waals surface area contributed by atoms with Crippen LogP contribution in [0.15, 0.2) is 41.0 Å². The summed E-state index contributed by atoms with van der Waals surface area (Å²) in [6, 6.07) is 10.9. The molecule has 1 aromatic carbocycles. The van der Waals surface area contributed by atoms with Gasteiger partial charge in [0, 0.05) is 24.4 Å². The summed E-state index contributed by atoms with van der Waals surface area (Å²) in [5.74, 6) is 2.29. The van der Waals surface area contributed by atoms with E-state index in [2.05, 4.69) is 23.1 Å². The first kappa shape index (κ1) is 17.9. The molecule has 1 N–H and O–H groups in total. The van der Waals surface area contributed by atoms with Gasteiger partial charge in [0.05, 0.1) is 6.26 Å². The molecule has 4 heteroatoms. The van der Waals surface area contributed by atoms with Crippen LogP contribution in [0.4, 0.5) is 0 Å². The minimum absolute atomic E-state index is 0. The molecule has 3 atom stereocenters. The normalized spacial score (nSPS) is 30.2. The van der Waals surface area contributed by atoms with Gasteiger partial charge in [-0.1, -0.05) is 18.9 Å². The maximum Gasteiger partial charge on any atom is 0.115 e. The van der Waals surface area contributed by atoms with Crippen molar-refractivity contribution < 1.29 is 9.52 Å². The lowest BCUT2D eigenvalue weighted by Crippen LogP contribution is -2.61.